The minimum atomic E-state index is -0.844. The van der Waals surface area contributed by atoms with Gasteiger partial charge in [0.2, 0.25) is 5.91 Å². The van der Waals surface area contributed by atoms with Crippen LogP contribution in [-0.2, 0) is 14.3 Å². The number of unbranched alkanes of at least 4 members (excludes halogenated alkanes) is 42. The summed E-state index contributed by atoms with van der Waals surface area (Å²) in [5, 5.41) is 23.0. The molecule has 0 bridgehead atoms. The van der Waals surface area contributed by atoms with Gasteiger partial charge in [0.05, 0.1) is 25.4 Å². The summed E-state index contributed by atoms with van der Waals surface area (Å²) in [6, 6.07) is -0.627. The lowest BCUT2D eigenvalue weighted by molar-refractivity contribution is -0.143. The smallest absolute Gasteiger partial charge is 0.305 e. The standard InChI is InChI=1S/C60H115NO5/c1-3-5-7-9-11-13-15-16-17-18-24-27-30-34-38-42-46-50-54-60(65)66-55-51-47-43-39-35-31-28-25-22-20-19-21-23-26-29-33-37-41-45-49-53-59(64)61-57(56-62)58(63)52-48-44-40-36-32-14-12-10-8-6-4-2/h17-18,48,52,57-58,62-63H,3-16,19-47,49-51,53-56H2,1-2H3,(H,61,64)/b18-17-,52-48+. The number of allylic oxidation sites excluding steroid dienone is 3. The first-order valence-electron chi connectivity index (χ1n) is 29.6. The third-order valence-electron chi connectivity index (χ3n) is 13.7. The fraction of sp³-hybridized carbons (Fsp3) is 0.900. The molecule has 0 aromatic carbocycles. The quantitative estimate of drug-likeness (QED) is 0.0321. The van der Waals surface area contributed by atoms with Gasteiger partial charge in [-0.25, -0.2) is 0 Å². The van der Waals surface area contributed by atoms with Crippen molar-refractivity contribution in [2.45, 2.75) is 334 Å². The topological polar surface area (TPSA) is 95.9 Å². The molecule has 0 aliphatic carbocycles. The Morgan fingerprint density at radius 2 is 0.712 bits per heavy atom. The number of rotatable bonds is 55. The fourth-order valence-corrected chi connectivity index (χ4v) is 9.16. The van der Waals surface area contributed by atoms with Gasteiger partial charge in [-0.05, 0) is 57.8 Å². The van der Waals surface area contributed by atoms with E-state index in [4.69, 9.17) is 4.74 Å². The molecule has 0 aliphatic heterocycles. The average molecular weight is 931 g/mol. The number of nitrogens with one attached hydrogen (secondary N) is 1. The van der Waals surface area contributed by atoms with E-state index in [1.807, 2.05) is 6.08 Å². The minimum Gasteiger partial charge on any atom is -0.466 e. The van der Waals surface area contributed by atoms with E-state index in [-0.39, 0.29) is 18.5 Å². The zero-order chi connectivity index (χ0) is 47.9. The monoisotopic (exact) mass is 930 g/mol. The van der Waals surface area contributed by atoms with Crippen LogP contribution in [0.3, 0.4) is 0 Å². The van der Waals surface area contributed by atoms with Crippen molar-refractivity contribution in [3.63, 3.8) is 0 Å². The van der Waals surface area contributed by atoms with Crippen LogP contribution in [0.25, 0.3) is 0 Å². The molecule has 0 aromatic heterocycles. The maximum absolute atomic E-state index is 12.4. The summed E-state index contributed by atoms with van der Waals surface area (Å²) < 4.78 is 5.49. The molecule has 0 heterocycles. The van der Waals surface area contributed by atoms with Crippen molar-refractivity contribution >= 4 is 11.9 Å². The largest absolute Gasteiger partial charge is 0.466 e. The zero-order valence-electron chi connectivity index (χ0n) is 44.4. The number of amides is 1. The van der Waals surface area contributed by atoms with Crippen LogP contribution in [0.4, 0.5) is 0 Å². The van der Waals surface area contributed by atoms with Crippen LogP contribution < -0.4 is 5.32 Å². The van der Waals surface area contributed by atoms with Crippen molar-refractivity contribution in [1.82, 2.24) is 5.32 Å². The van der Waals surface area contributed by atoms with Gasteiger partial charge in [-0.1, -0.05) is 276 Å². The molecule has 0 rings (SSSR count). The normalized spacial score (nSPS) is 12.7. The second kappa shape index (κ2) is 55.9. The van der Waals surface area contributed by atoms with Gasteiger partial charge in [-0.15, -0.1) is 0 Å². The number of hydrogen-bond acceptors (Lipinski definition) is 5. The van der Waals surface area contributed by atoms with Crippen LogP contribution in [0.5, 0.6) is 0 Å². The highest BCUT2D eigenvalue weighted by Gasteiger charge is 2.18. The molecule has 2 atom stereocenters. The van der Waals surface area contributed by atoms with Crippen LogP contribution in [0, 0.1) is 0 Å². The Hall–Kier alpha value is -1.66. The van der Waals surface area contributed by atoms with E-state index in [0.717, 1.165) is 44.9 Å². The summed E-state index contributed by atoms with van der Waals surface area (Å²) in [5.74, 6) is -0.0634. The van der Waals surface area contributed by atoms with E-state index in [0.29, 0.717) is 19.4 Å². The molecule has 0 fully saturated rings. The third kappa shape index (κ3) is 51.7. The van der Waals surface area contributed by atoms with Crippen molar-refractivity contribution in [2.24, 2.45) is 0 Å². The summed E-state index contributed by atoms with van der Waals surface area (Å²) in [7, 11) is 0. The lowest BCUT2D eigenvalue weighted by Crippen LogP contribution is -2.45. The molecule has 0 saturated heterocycles. The lowest BCUT2D eigenvalue weighted by Gasteiger charge is -2.20. The molecular formula is C60H115NO5. The van der Waals surface area contributed by atoms with E-state index >= 15 is 0 Å². The zero-order valence-corrected chi connectivity index (χ0v) is 44.4. The molecule has 0 spiro atoms. The van der Waals surface area contributed by atoms with Crippen LogP contribution in [0.15, 0.2) is 24.3 Å². The molecular weight excluding hydrogens is 815 g/mol. The Balaban J connectivity index is 3.38. The number of esters is 1. The number of hydrogen-bond donors (Lipinski definition) is 3. The molecule has 0 saturated carbocycles. The Morgan fingerprint density at radius 1 is 0.409 bits per heavy atom. The Labute approximate surface area is 411 Å². The maximum Gasteiger partial charge on any atom is 0.305 e. The SMILES string of the molecule is CCCCCCCCC/C=C\CCCCCCCCCC(=O)OCCCCCCCCCCCCCCCCCCCCCCC(=O)NC(CO)C(O)/C=C/CCCCCCCCCCC. The number of carbonyl (C=O) groups excluding carboxylic acids is 2. The summed E-state index contributed by atoms with van der Waals surface area (Å²) in [4.78, 5) is 24.5. The van der Waals surface area contributed by atoms with Crippen molar-refractivity contribution in [2.75, 3.05) is 13.2 Å². The highest BCUT2D eigenvalue weighted by Crippen LogP contribution is 2.17. The van der Waals surface area contributed by atoms with Crippen molar-refractivity contribution < 1.29 is 24.5 Å². The number of aliphatic hydroxyl groups excluding tert-OH is 2. The number of aliphatic hydroxyl groups is 2. The van der Waals surface area contributed by atoms with Gasteiger partial charge in [-0.2, -0.15) is 0 Å². The van der Waals surface area contributed by atoms with Crippen molar-refractivity contribution in [3.8, 4) is 0 Å². The number of carbonyl (C=O) groups is 2. The molecule has 3 N–H and O–H groups in total. The molecule has 6 heteroatoms. The van der Waals surface area contributed by atoms with Gasteiger partial charge >= 0.3 is 5.97 Å². The van der Waals surface area contributed by atoms with Crippen LogP contribution in [-0.4, -0.2) is 47.4 Å². The Morgan fingerprint density at radius 3 is 1.08 bits per heavy atom. The van der Waals surface area contributed by atoms with E-state index in [1.165, 1.54) is 250 Å². The van der Waals surface area contributed by atoms with Crippen LogP contribution >= 0.6 is 0 Å². The van der Waals surface area contributed by atoms with Gasteiger partial charge < -0.3 is 20.3 Å². The van der Waals surface area contributed by atoms with Gasteiger partial charge in [0.25, 0.3) is 0 Å². The lowest BCUT2D eigenvalue weighted by atomic mass is 10.0. The van der Waals surface area contributed by atoms with Gasteiger partial charge in [0.1, 0.15) is 0 Å². The first-order valence-corrected chi connectivity index (χ1v) is 29.6. The second-order valence-electron chi connectivity index (χ2n) is 20.3. The number of ether oxygens (including phenoxy) is 1. The van der Waals surface area contributed by atoms with Crippen molar-refractivity contribution in [3.05, 3.63) is 24.3 Å². The average Bonchev–Trinajstić information content (AvgIpc) is 3.32. The summed E-state index contributed by atoms with van der Waals surface area (Å²) in [6.45, 7) is 4.89. The predicted octanol–water partition coefficient (Wildman–Crippen LogP) is 18.2. The van der Waals surface area contributed by atoms with Crippen LogP contribution in [0.2, 0.25) is 0 Å². The molecule has 6 nitrogen and oxygen atoms in total. The molecule has 2 unspecified atom stereocenters. The van der Waals surface area contributed by atoms with E-state index in [1.54, 1.807) is 6.08 Å². The van der Waals surface area contributed by atoms with Crippen LogP contribution in [0.1, 0.15) is 322 Å². The van der Waals surface area contributed by atoms with Gasteiger partial charge in [0, 0.05) is 12.8 Å². The molecule has 66 heavy (non-hydrogen) atoms. The molecule has 0 aliphatic rings. The van der Waals surface area contributed by atoms with Gasteiger partial charge in [0.15, 0.2) is 0 Å². The molecule has 390 valence electrons. The highest BCUT2D eigenvalue weighted by atomic mass is 16.5. The first kappa shape index (κ1) is 64.3. The minimum absolute atomic E-state index is 0.00707. The van der Waals surface area contributed by atoms with E-state index in [9.17, 15) is 19.8 Å². The third-order valence-corrected chi connectivity index (χ3v) is 13.7. The fourth-order valence-electron chi connectivity index (χ4n) is 9.16. The predicted molar refractivity (Wildman–Crippen MR) is 287 cm³/mol. The summed E-state index contributed by atoms with van der Waals surface area (Å²) in [5.41, 5.74) is 0. The van der Waals surface area contributed by atoms with E-state index < -0.39 is 12.1 Å². The van der Waals surface area contributed by atoms with E-state index in [2.05, 4.69) is 31.3 Å². The Kier molecular flexibility index (Phi) is 54.5. The molecule has 0 aromatic rings. The molecule has 1 amide bonds. The summed E-state index contributed by atoms with van der Waals surface area (Å²) in [6.07, 6.45) is 67.8. The second-order valence-corrected chi connectivity index (χ2v) is 20.3. The first-order chi connectivity index (χ1) is 32.5. The molecule has 0 radical (unpaired) electrons. The Bertz CT molecular complexity index is 1030. The van der Waals surface area contributed by atoms with Gasteiger partial charge in [-0.3, -0.25) is 9.59 Å². The highest BCUT2D eigenvalue weighted by molar-refractivity contribution is 5.76. The van der Waals surface area contributed by atoms with Crippen molar-refractivity contribution in [1.29, 1.82) is 0 Å². The summed E-state index contributed by atoms with van der Waals surface area (Å²) >= 11 is 0. The maximum atomic E-state index is 12.4.